The van der Waals surface area contributed by atoms with Gasteiger partial charge < -0.3 is 10.2 Å². The molecule has 1 aromatic carbocycles. The average molecular weight is 434 g/mol. The van der Waals surface area contributed by atoms with E-state index in [1.54, 1.807) is 0 Å². The zero-order chi connectivity index (χ0) is 20.3. The molecule has 1 saturated heterocycles. The molecule has 1 fully saturated rings. The zero-order valence-corrected chi connectivity index (χ0v) is 16.0. The number of piperazine rings is 1. The summed E-state index contributed by atoms with van der Waals surface area (Å²) in [6.45, 7) is 2.49. The third-order valence-electron chi connectivity index (χ3n) is 4.18. The molecule has 1 N–H and O–H groups in total. The minimum absolute atomic E-state index is 0.0509. The van der Waals surface area contributed by atoms with Crippen LogP contribution in [0.2, 0.25) is 10.0 Å². The zero-order valence-electron chi connectivity index (χ0n) is 14.5. The van der Waals surface area contributed by atoms with Gasteiger partial charge in [0.1, 0.15) is 0 Å². The summed E-state index contributed by atoms with van der Waals surface area (Å²) in [5.74, 6) is 0.168. The van der Waals surface area contributed by atoms with Crippen molar-refractivity contribution >= 4 is 40.7 Å². The second-order valence-electron chi connectivity index (χ2n) is 6.21. The Morgan fingerprint density at radius 1 is 1.11 bits per heavy atom. The maximum absolute atomic E-state index is 12.9. The van der Waals surface area contributed by atoms with E-state index in [0.717, 1.165) is 12.1 Å². The van der Waals surface area contributed by atoms with E-state index in [1.165, 1.54) is 18.5 Å². The van der Waals surface area contributed by atoms with Crippen LogP contribution in [0.5, 0.6) is 0 Å². The molecule has 11 heteroatoms. The van der Waals surface area contributed by atoms with Gasteiger partial charge >= 0.3 is 6.18 Å². The molecule has 1 amide bonds. The summed E-state index contributed by atoms with van der Waals surface area (Å²) in [7, 11) is 0. The summed E-state index contributed by atoms with van der Waals surface area (Å²) in [6, 6.07) is 3.28. The predicted octanol–water partition coefficient (Wildman–Crippen LogP) is 3.56. The predicted molar refractivity (Wildman–Crippen MR) is 101 cm³/mol. The summed E-state index contributed by atoms with van der Waals surface area (Å²) in [6.07, 6.45) is -1.55. The summed E-state index contributed by atoms with van der Waals surface area (Å²) in [4.78, 5) is 24.4. The summed E-state index contributed by atoms with van der Waals surface area (Å²) in [5.41, 5.74) is -0.932. The fourth-order valence-corrected chi connectivity index (χ4v) is 3.12. The SMILES string of the molecule is O=C(CN1CCN(c2ncc(Cl)cn2)CC1)Nc1ccc(Cl)c(C(F)(F)F)c1. The lowest BCUT2D eigenvalue weighted by molar-refractivity contribution is -0.137. The highest BCUT2D eigenvalue weighted by molar-refractivity contribution is 6.31. The van der Waals surface area contributed by atoms with E-state index < -0.39 is 22.7 Å². The lowest BCUT2D eigenvalue weighted by Crippen LogP contribution is -2.49. The Balaban J connectivity index is 1.53. The maximum atomic E-state index is 12.9. The number of hydrogen-bond donors (Lipinski definition) is 1. The fraction of sp³-hybridized carbons (Fsp3) is 0.353. The number of amides is 1. The number of carbonyl (C=O) groups excluding carboxylic acids is 1. The minimum atomic E-state index is -4.59. The Labute approximate surface area is 169 Å². The van der Waals surface area contributed by atoms with Crippen LogP contribution in [0.4, 0.5) is 24.8 Å². The Hall–Kier alpha value is -2.10. The molecular weight excluding hydrogens is 418 g/mol. The van der Waals surface area contributed by atoms with Crippen molar-refractivity contribution in [2.24, 2.45) is 0 Å². The van der Waals surface area contributed by atoms with Crippen molar-refractivity contribution in [3.63, 3.8) is 0 Å². The van der Waals surface area contributed by atoms with Gasteiger partial charge in [0.05, 0.1) is 34.5 Å². The van der Waals surface area contributed by atoms with E-state index in [1.807, 2.05) is 9.80 Å². The molecular formula is C17H16Cl2F3N5O. The summed E-state index contributed by atoms with van der Waals surface area (Å²) >= 11 is 11.4. The second-order valence-corrected chi connectivity index (χ2v) is 7.05. The normalized spacial score (nSPS) is 15.5. The molecule has 6 nitrogen and oxygen atoms in total. The number of rotatable bonds is 4. The quantitative estimate of drug-likeness (QED) is 0.798. The van der Waals surface area contributed by atoms with Crippen LogP contribution in [0.1, 0.15) is 5.56 Å². The van der Waals surface area contributed by atoms with E-state index in [2.05, 4.69) is 15.3 Å². The molecule has 28 heavy (non-hydrogen) atoms. The van der Waals surface area contributed by atoms with Gasteiger partial charge in [0.25, 0.3) is 0 Å². The van der Waals surface area contributed by atoms with Crippen LogP contribution < -0.4 is 10.2 Å². The third kappa shape index (κ3) is 5.24. The number of nitrogens with one attached hydrogen (secondary N) is 1. The first-order chi connectivity index (χ1) is 13.2. The Bertz CT molecular complexity index is 840. The number of hydrogen-bond acceptors (Lipinski definition) is 5. The number of alkyl halides is 3. The van der Waals surface area contributed by atoms with Crippen LogP contribution in [0.15, 0.2) is 30.6 Å². The Morgan fingerprint density at radius 3 is 2.36 bits per heavy atom. The number of halogens is 5. The van der Waals surface area contributed by atoms with Crippen molar-refractivity contribution in [1.29, 1.82) is 0 Å². The molecule has 0 aliphatic carbocycles. The first-order valence-corrected chi connectivity index (χ1v) is 9.09. The number of carbonyl (C=O) groups is 1. The Kier molecular flexibility index (Phi) is 6.26. The van der Waals surface area contributed by atoms with Gasteiger partial charge in [0.15, 0.2) is 0 Å². The molecule has 0 radical (unpaired) electrons. The van der Waals surface area contributed by atoms with Crippen LogP contribution in [0.3, 0.4) is 0 Å². The van der Waals surface area contributed by atoms with Crippen molar-refractivity contribution in [3.05, 3.63) is 46.2 Å². The largest absolute Gasteiger partial charge is 0.417 e. The van der Waals surface area contributed by atoms with Crippen molar-refractivity contribution < 1.29 is 18.0 Å². The van der Waals surface area contributed by atoms with E-state index in [9.17, 15) is 18.0 Å². The van der Waals surface area contributed by atoms with Crippen molar-refractivity contribution in [3.8, 4) is 0 Å². The molecule has 150 valence electrons. The van der Waals surface area contributed by atoms with E-state index in [4.69, 9.17) is 23.2 Å². The first kappa shape index (κ1) is 20.6. The summed E-state index contributed by atoms with van der Waals surface area (Å²) < 4.78 is 38.7. The van der Waals surface area contributed by atoms with Gasteiger partial charge in [0.2, 0.25) is 11.9 Å². The average Bonchev–Trinajstić information content (AvgIpc) is 2.64. The van der Waals surface area contributed by atoms with E-state index in [-0.39, 0.29) is 12.2 Å². The molecule has 1 aromatic heterocycles. The highest BCUT2D eigenvalue weighted by Gasteiger charge is 2.33. The van der Waals surface area contributed by atoms with Gasteiger partial charge in [0, 0.05) is 31.9 Å². The van der Waals surface area contributed by atoms with Crippen LogP contribution in [-0.4, -0.2) is 53.5 Å². The lowest BCUT2D eigenvalue weighted by atomic mass is 10.2. The molecule has 2 aromatic rings. The van der Waals surface area contributed by atoms with Gasteiger partial charge in [-0.1, -0.05) is 23.2 Å². The standard InChI is InChI=1S/C17H16Cl2F3N5O/c18-11-8-23-16(24-9-11)27-5-3-26(4-6-27)10-15(28)25-12-1-2-14(19)13(7-12)17(20,21)22/h1-2,7-9H,3-6,10H2,(H,25,28). The number of aromatic nitrogens is 2. The monoisotopic (exact) mass is 433 g/mol. The molecule has 0 saturated carbocycles. The lowest BCUT2D eigenvalue weighted by Gasteiger charge is -2.34. The van der Waals surface area contributed by atoms with E-state index >= 15 is 0 Å². The number of anilines is 2. The van der Waals surface area contributed by atoms with Gasteiger partial charge in [-0.3, -0.25) is 9.69 Å². The summed E-state index contributed by atoms with van der Waals surface area (Å²) in [5, 5.41) is 2.53. The number of benzene rings is 1. The first-order valence-electron chi connectivity index (χ1n) is 8.34. The van der Waals surface area contributed by atoms with Crippen LogP contribution in [-0.2, 0) is 11.0 Å². The van der Waals surface area contributed by atoms with Crippen LogP contribution >= 0.6 is 23.2 Å². The molecule has 1 aliphatic rings. The van der Waals surface area contributed by atoms with E-state index in [0.29, 0.717) is 37.1 Å². The molecule has 0 spiro atoms. The molecule has 0 bridgehead atoms. The minimum Gasteiger partial charge on any atom is -0.338 e. The van der Waals surface area contributed by atoms with Crippen molar-refractivity contribution in [2.75, 3.05) is 42.9 Å². The van der Waals surface area contributed by atoms with Gasteiger partial charge in [-0.05, 0) is 18.2 Å². The molecule has 0 atom stereocenters. The maximum Gasteiger partial charge on any atom is 0.417 e. The van der Waals surface area contributed by atoms with Crippen molar-refractivity contribution in [1.82, 2.24) is 14.9 Å². The second kappa shape index (κ2) is 8.50. The highest BCUT2D eigenvalue weighted by atomic mass is 35.5. The topological polar surface area (TPSA) is 61.4 Å². The molecule has 2 heterocycles. The third-order valence-corrected chi connectivity index (χ3v) is 4.71. The highest BCUT2D eigenvalue weighted by Crippen LogP contribution is 2.36. The van der Waals surface area contributed by atoms with Crippen LogP contribution in [0, 0.1) is 0 Å². The van der Waals surface area contributed by atoms with Gasteiger partial charge in [-0.15, -0.1) is 0 Å². The van der Waals surface area contributed by atoms with Crippen molar-refractivity contribution in [2.45, 2.75) is 6.18 Å². The Morgan fingerprint density at radius 2 is 1.75 bits per heavy atom. The smallest absolute Gasteiger partial charge is 0.338 e. The molecule has 1 aliphatic heterocycles. The fourth-order valence-electron chi connectivity index (χ4n) is 2.80. The van der Waals surface area contributed by atoms with Gasteiger partial charge in [-0.2, -0.15) is 13.2 Å². The van der Waals surface area contributed by atoms with Crippen LogP contribution in [0.25, 0.3) is 0 Å². The van der Waals surface area contributed by atoms with Gasteiger partial charge in [-0.25, -0.2) is 9.97 Å². The molecule has 3 rings (SSSR count). The molecule has 0 unspecified atom stereocenters. The number of nitrogens with zero attached hydrogens (tertiary/aromatic N) is 4.